The Bertz CT molecular complexity index is 1280. The first-order valence-electron chi connectivity index (χ1n) is 10.0. The van der Waals surface area contributed by atoms with Crippen molar-refractivity contribution in [2.45, 2.75) is 24.8 Å². The molecule has 7 nitrogen and oxygen atoms in total. The Balaban J connectivity index is 1.72. The topological polar surface area (TPSA) is 105 Å². The lowest BCUT2D eigenvalue weighted by atomic mass is 9.89. The van der Waals surface area contributed by atoms with Gasteiger partial charge in [0.2, 0.25) is 0 Å². The minimum absolute atomic E-state index is 0.0682. The number of carbonyl (C=O) groups is 1. The van der Waals surface area contributed by atoms with Crippen molar-refractivity contribution >= 4 is 21.7 Å². The third-order valence-corrected chi connectivity index (χ3v) is 6.61. The first-order chi connectivity index (χ1) is 15.3. The molecular weight excluding hydrogens is 428 g/mol. The molecule has 0 aromatic heterocycles. The third kappa shape index (κ3) is 4.22. The standard InChI is InChI=1S/C24H22N2O5S/c1-15-7-13-19(14-8-15)32(29,30)26-25-22(17-9-11-18(27)12-10-17)16(2)23-20-5-3-4-6-21(20)24(28)31-23/h3-14,16,23,26-27H,1-2H3/b25-22+/t16-,23-/m1/s1. The number of hydrogen-bond acceptors (Lipinski definition) is 6. The normalized spacial score (nSPS) is 16.9. The van der Waals surface area contributed by atoms with E-state index in [0.29, 0.717) is 16.8 Å². The van der Waals surface area contributed by atoms with Gasteiger partial charge < -0.3 is 9.84 Å². The van der Waals surface area contributed by atoms with Crippen molar-refractivity contribution in [2.24, 2.45) is 11.0 Å². The number of esters is 1. The molecule has 0 amide bonds. The van der Waals surface area contributed by atoms with E-state index in [-0.39, 0.29) is 10.6 Å². The summed E-state index contributed by atoms with van der Waals surface area (Å²) in [6.45, 7) is 3.68. The summed E-state index contributed by atoms with van der Waals surface area (Å²) in [6.07, 6.45) is -0.630. The number of hydrogen-bond donors (Lipinski definition) is 2. The smallest absolute Gasteiger partial charge is 0.339 e. The highest BCUT2D eigenvalue weighted by atomic mass is 32.2. The van der Waals surface area contributed by atoms with Crippen molar-refractivity contribution in [3.63, 3.8) is 0 Å². The number of hydrazone groups is 1. The van der Waals surface area contributed by atoms with Crippen molar-refractivity contribution in [1.82, 2.24) is 4.83 Å². The van der Waals surface area contributed by atoms with E-state index < -0.39 is 28.0 Å². The number of carbonyl (C=O) groups excluding carboxylic acids is 1. The van der Waals surface area contributed by atoms with E-state index in [2.05, 4.69) is 9.93 Å². The molecular formula is C24H22N2O5S. The molecule has 0 radical (unpaired) electrons. The van der Waals surface area contributed by atoms with Gasteiger partial charge in [-0.3, -0.25) is 0 Å². The van der Waals surface area contributed by atoms with Crippen LogP contribution in [0, 0.1) is 12.8 Å². The lowest BCUT2D eigenvalue weighted by molar-refractivity contribution is 0.0326. The second-order valence-corrected chi connectivity index (χ2v) is 9.31. The fourth-order valence-corrected chi connectivity index (χ4v) is 4.45. The van der Waals surface area contributed by atoms with Crippen LogP contribution in [0.2, 0.25) is 0 Å². The summed E-state index contributed by atoms with van der Waals surface area (Å²) in [7, 11) is -3.91. The number of phenols is 1. The van der Waals surface area contributed by atoms with Gasteiger partial charge in [-0.25, -0.2) is 4.79 Å². The molecule has 0 bridgehead atoms. The minimum Gasteiger partial charge on any atom is -0.508 e. The van der Waals surface area contributed by atoms with E-state index in [9.17, 15) is 18.3 Å². The number of fused-ring (bicyclic) bond motifs is 1. The predicted molar refractivity (Wildman–Crippen MR) is 120 cm³/mol. The van der Waals surface area contributed by atoms with Crippen molar-refractivity contribution in [3.05, 3.63) is 95.1 Å². The van der Waals surface area contributed by atoms with Crippen molar-refractivity contribution in [2.75, 3.05) is 0 Å². The van der Waals surface area contributed by atoms with Gasteiger partial charge in [-0.1, -0.05) is 42.8 Å². The highest BCUT2D eigenvalue weighted by Crippen LogP contribution is 2.37. The Hall–Kier alpha value is -3.65. The molecule has 0 fully saturated rings. The maximum Gasteiger partial charge on any atom is 0.339 e. The van der Waals surface area contributed by atoms with Gasteiger partial charge in [0.15, 0.2) is 0 Å². The van der Waals surface area contributed by atoms with Crippen molar-refractivity contribution in [1.29, 1.82) is 0 Å². The summed E-state index contributed by atoms with van der Waals surface area (Å²) in [4.78, 5) is 14.7. The van der Waals surface area contributed by atoms with Gasteiger partial charge >= 0.3 is 5.97 Å². The number of ether oxygens (including phenoxy) is 1. The highest BCUT2D eigenvalue weighted by Gasteiger charge is 2.37. The largest absolute Gasteiger partial charge is 0.508 e. The zero-order valence-electron chi connectivity index (χ0n) is 17.5. The Labute approximate surface area is 186 Å². The summed E-state index contributed by atoms with van der Waals surface area (Å²) < 4.78 is 31.2. The molecule has 0 saturated carbocycles. The molecule has 0 spiro atoms. The molecule has 4 rings (SSSR count). The van der Waals surface area contributed by atoms with E-state index in [1.54, 1.807) is 36.4 Å². The van der Waals surface area contributed by atoms with Crippen LogP contribution in [-0.2, 0) is 14.8 Å². The van der Waals surface area contributed by atoms with Gasteiger partial charge in [0.25, 0.3) is 10.0 Å². The number of aromatic hydroxyl groups is 1. The SMILES string of the molecule is Cc1ccc(S(=O)(=O)N/N=C(/c2ccc(O)cc2)[C@@H](C)[C@H]2OC(=O)c3ccccc32)cc1. The minimum atomic E-state index is -3.91. The molecule has 0 unspecified atom stereocenters. The lowest BCUT2D eigenvalue weighted by Crippen LogP contribution is -2.26. The predicted octanol–water partition coefficient (Wildman–Crippen LogP) is 3.93. The maximum atomic E-state index is 12.8. The van der Waals surface area contributed by atoms with Crippen molar-refractivity contribution < 1.29 is 23.1 Å². The lowest BCUT2D eigenvalue weighted by Gasteiger charge is -2.21. The average Bonchev–Trinajstić information content (AvgIpc) is 3.12. The summed E-state index contributed by atoms with van der Waals surface area (Å²) in [6, 6.07) is 19.7. The monoisotopic (exact) mass is 450 g/mol. The highest BCUT2D eigenvalue weighted by molar-refractivity contribution is 7.89. The quantitative estimate of drug-likeness (QED) is 0.336. The van der Waals surface area contributed by atoms with Crippen LogP contribution < -0.4 is 4.83 Å². The third-order valence-electron chi connectivity index (χ3n) is 5.39. The van der Waals surface area contributed by atoms with E-state index >= 15 is 0 Å². The van der Waals surface area contributed by atoms with Gasteiger partial charge in [0.05, 0.1) is 16.2 Å². The summed E-state index contributed by atoms with van der Waals surface area (Å²) >= 11 is 0. The number of benzene rings is 3. The molecule has 1 aliphatic rings. The Morgan fingerprint density at radius 3 is 2.38 bits per heavy atom. The van der Waals surface area contributed by atoms with Gasteiger partial charge in [-0.2, -0.15) is 18.4 Å². The molecule has 164 valence electrons. The van der Waals surface area contributed by atoms with Crippen LogP contribution in [0.1, 0.15) is 40.1 Å². The van der Waals surface area contributed by atoms with Crippen LogP contribution in [0.15, 0.2) is 82.8 Å². The second-order valence-electron chi connectivity index (χ2n) is 7.65. The molecule has 2 N–H and O–H groups in total. The molecule has 3 aromatic rings. The van der Waals surface area contributed by atoms with E-state index in [4.69, 9.17) is 4.74 Å². The molecule has 1 heterocycles. The van der Waals surface area contributed by atoms with Gasteiger partial charge in [0.1, 0.15) is 11.9 Å². The van der Waals surface area contributed by atoms with E-state index in [1.165, 1.54) is 24.3 Å². The average molecular weight is 451 g/mol. The Morgan fingerprint density at radius 2 is 1.69 bits per heavy atom. The summed E-state index contributed by atoms with van der Waals surface area (Å²) in [5.74, 6) is -0.839. The molecule has 2 atom stereocenters. The van der Waals surface area contributed by atoms with Crippen LogP contribution in [0.25, 0.3) is 0 Å². The van der Waals surface area contributed by atoms with Crippen molar-refractivity contribution in [3.8, 4) is 5.75 Å². The fraction of sp³-hybridized carbons (Fsp3) is 0.167. The van der Waals surface area contributed by atoms with Gasteiger partial charge in [-0.15, -0.1) is 0 Å². The Morgan fingerprint density at radius 1 is 1.03 bits per heavy atom. The number of nitrogens with zero attached hydrogens (tertiary/aromatic N) is 1. The Kier molecular flexibility index (Phi) is 5.71. The van der Waals surface area contributed by atoms with E-state index in [1.807, 2.05) is 26.0 Å². The fourth-order valence-electron chi connectivity index (χ4n) is 3.63. The number of rotatable bonds is 6. The number of nitrogens with one attached hydrogen (secondary N) is 1. The second kappa shape index (κ2) is 8.47. The molecule has 32 heavy (non-hydrogen) atoms. The van der Waals surface area contributed by atoms with Crippen LogP contribution in [-0.4, -0.2) is 25.2 Å². The first kappa shape index (κ1) is 21.6. The van der Waals surface area contributed by atoms with Crippen LogP contribution in [0.4, 0.5) is 0 Å². The molecule has 1 aliphatic heterocycles. The first-order valence-corrected chi connectivity index (χ1v) is 11.5. The van der Waals surface area contributed by atoms with Gasteiger partial charge in [-0.05, 0) is 55.0 Å². The molecule has 8 heteroatoms. The summed E-state index contributed by atoms with van der Waals surface area (Å²) in [5.41, 5.74) is 3.10. The number of phenolic OH excluding ortho intramolecular Hbond substituents is 1. The molecule has 0 aliphatic carbocycles. The van der Waals surface area contributed by atoms with Crippen LogP contribution in [0.3, 0.4) is 0 Å². The summed E-state index contributed by atoms with van der Waals surface area (Å²) in [5, 5.41) is 13.9. The van der Waals surface area contributed by atoms with E-state index in [0.717, 1.165) is 11.1 Å². The molecule has 3 aromatic carbocycles. The molecule has 0 saturated heterocycles. The number of sulfonamides is 1. The number of aryl methyl sites for hydroxylation is 1. The van der Waals surface area contributed by atoms with Gasteiger partial charge in [0, 0.05) is 11.5 Å². The number of cyclic esters (lactones) is 1. The van der Waals surface area contributed by atoms with Crippen LogP contribution >= 0.6 is 0 Å². The van der Waals surface area contributed by atoms with Crippen LogP contribution in [0.5, 0.6) is 5.75 Å². The zero-order chi connectivity index (χ0) is 22.9. The maximum absolute atomic E-state index is 12.8. The zero-order valence-corrected chi connectivity index (χ0v) is 18.3.